The molecular formula is C16H15FN4O3S. The van der Waals surface area contributed by atoms with Crippen LogP contribution in [-0.4, -0.2) is 30.1 Å². The fourth-order valence-electron chi connectivity index (χ4n) is 2.23. The van der Waals surface area contributed by atoms with Crippen LogP contribution in [0.3, 0.4) is 0 Å². The quantitative estimate of drug-likeness (QED) is 0.721. The van der Waals surface area contributed by atoms with Crippen molar-refractivity contribution < 1.29 is 17.2 Å². The van der Waals surface area contributed by atoms with E-state index in [2.05, 4.69) is 19.9 Å². The molecular weight excluding hydrogens is 347 g/mol. The lowest BCUT2D eigenvalue weighted by atomic mass is 10.2. The van der Waals surface area contributed by atoms with E-state index in [1.54, 1.807) is 24.4 Å². The van der Waals surface area contributed by atoms with Gasteiger partial charge in [0.05, 0.1) is 4.90 Å². The molecule has 3 rings (SSSR count). The molecule has 0 aliphatic rings. The van der Waals surface area contributed by atoms with Crippen molar-refractivity contribution in [1.82, 2.24) is 19.9 Å². The number of sulfonamides is 1. The van der Waals surface area contributed by atoms with Gasteiger partial charge in [-0.05, 0) is 42.8 Å². The Morgan fingerprint density at radius 2 is 2.04 bits per heavy atom. The number of pyridine rings is 1. The number of halogens is 1. The molecule has 0 fully saturated rings. The summed E-state index contributed by atoms with van der Waals surface area (Å²) in [6, 6.07) is 8.82. The second kappa shape index (κ2) is 7.08. The minimum atomic E-state index is -3.74. The fourth-order valence-corrected chi connectivity index (χ4v) is 3.49. The zero-order valence-electron chi connectivity index (χ0n) is 13.3. The van der Waals surface area contributed by atoms with Gasteiger partial charge >= 0.3 is 0 Å². The lowest BCUT2D eigenvalue weighted by Gasteiger charge is -2.08. The third-order valence-corrected chi connectivity index (χ3v) is 5.03. The van der Waals surface area contributed by atoms with E-state index in [1.165, 1.54) is 19.1 Å². The molecule has 2 heterocycles. The van der Waals surface area contributed by atoms with E-state index in [1.807, 2.05) is 0 Å². The van der Waals surface area contributed by atoms with E-state index in [9.17, 15) is 12.8 Å². The minimum Gasteiger partial charge on any atom is -0.419 e. The highest BCUT2D eigenvalue weighted by molar-refractivity contribution is 7.89. The topological polar surface area (TPSA) is 98.0 Å². The molecule has 0 aliphatic carbocycles. The zero-order chi connectivity index (χ0) is 17.9. The second-order valence-corrected chi connectivity index (χ2v) is 7.01. The largest absolute Gasteiger partial charge is 0.419 e. The number of aryl methyl sites for hydroxylation is 1. The Labute approximate surface area is 144 Å². The number of rotatable bonds is 6. The lowest BCUT2D eigenvalue weighted by molar-refractivity contribution is 0.500. The first-order valence-corrected chi connectivity index (χ1v) is 8.93. The molecule has 1 aromatic carbocycles. The molecule has 0 saturated carbocycles. The maximum absolute atomic E-state index is 13.1. The third-order valence-electron chi connectivity index (χ3n) is 3.41. The summed E-state index contributed by atoms with van der Waals surface area (Å²) in [5.41, 5.74) is 0.881. The van der Waals surface area contributed by atoms with Gasteiger partial charge in [-0.3, -0.25) is 4.98 Å². The Morgan fingerprint density at radius 1 is 1.20 bits per heavy atom. The Kier molecular flexibility index (Phi) is 4.86. The summed E-state index contributed by atoms with van der Waals surface area (Å²) in [4.78, 5) is 4.14. The van der Waals surface area contributed by atoms with Gasteiger partial charge in [-0.2, -0.15) is 0 Å². The molecule has 0 bridgehead atoms. The molecule has 0 atom stereocenters. The van der Waals surface area contributed by atoms with E-state index in [0.717, 1.165) is 6.07 Å². The lowest BCUT2D eigenvalue weighted by Crippen LogP contribution is -2.26. The van der Waals surface area contributed by atoms with Crippen molar-refractivity contribution in [2.24, 2.45) is 0 Å². The molecule has 7 nitrogen and oxygen atoms in total. The Bertz CT molecular complexity index is 974. The smallest absolute Gasteiger partial charge is 0.266 e. The molecule has 0 amide bonds. The molecule has 9 heteroatoms. The number of benzene rings is 1. The predicted molar refractivity (Wildman–Crippen MR) is 87.6 cm³/mol. The third kappa shape index (κ3) is 4.06. The van der Waals surface area contributed by atoms with Crippen molar-refractivity contribution >= 4 is 10.0 Å². The fraction of sp³-hybridized carbons (Fsp3) is 0.188. The average molecular weight is 362 g/mol. The molecule has 0 spiro atoms. The summed E-state index contributed by atoms with van der Waals surface area (Å²) in [7, 11) is -3.74. The van der Waals surface area contributed by atoms with Crippen LogP contribution in [0.15, 0.2) is 51.9 Å². The molecule has 1 N–H and O–H groups in total. The molecule has 2 aromatic heterocycles. The highest BCUT2D eigenvalue weighted by Crippen LogP contribution is 2.17. The molecule has 130 valence electrons. The number of nitrogens with one attached hydrogen (secondary N) is 1. The zero-order valence-corrected chi connectivity index (χ0v) is 14.1. The molecule has 0 saturated heterocycles. The van der Waals surface area contributed by atoms with Crippen LogP contribution in [0.2, 0.25) is 0 Å². The SMILES string of the molecule is Cc1cc(F)ccc1S(=O)(=O)NCCc1nnc(-c2ccccn2)o1. The number of nitrogens with zero attached hydrogens (tertiary/aromatic N) is 3. The highest BCUT2D eigenvalue weighted by Gasteiger charge is 2.17. The summed E-state index contributed by atoms with van der Waals surface area (Å²) in [5.74, 6) is 0.0800. The Balaban J connectivity index is 1.64. The number of hydrogen-bond donors (Lipinski definition) is 1. The van der Waals surface area contributed by atoms with Crippen LogP contribution < -0.4 is 4.72 Å². The summed E-state index contributed by atoms with van der Waals surface area (Å²) >= 11 is 0. The first kappa shape index (κ1) is 17.2. The van der Waals surface area contributed by atoms with Gasteiger partial charge in [-0.25, -0.2) is 17.5 Å². The predicted octanol–water partition coefficient (Wildman–Crippen LogP) is 2.10. The van der Waals surface area contributed by atoms with Crippen LogP contribution in [0.25, 0.3) is 11.6 Å². The summed E-state index contributed by atoms with van der Waals surface area (Å²) in [6.45, 7) is 1.61. The second-order valence-electron chi connectivity index (χ2n) is 5.27. The van der Waals surface area contributed by atoms with Gasteiger partial charge in [-0.1, -0.05) is 6.07 Å². The van der Waals surface area contributed by atoms with Gasteiger partial charge in [0.25, 0.3) is 5.89 Å². The van der Waals surface area contributed by atoms with Crippen LogP contribution in [0, 0.1) is 12.7 Å². The highest BCUT2D eigenvalue weighted by atomic mass is 32.2. The van der Waals surface area contributed by atoms with Crippen molar-refractivity contribution in [2.75, 3.05) is 6.54 Å². The first-order chi connectivity index (χ1) is 12.0. The molecule has 25 heavy (non-hydrogen) atoms. The maximum Gasteiger partial charge on any atom is 0.266 e. The average Bonchev–Trinajstić information content (AvgIpc) is 3.04. The Morgan fingerprint density at radius 3 is 2.76 bits per heavy atom. The number of aromatic nitrogens is 3. The van der Waals surface area contributed by atoms with Crippen LogP contribution >= 0.6 is 0 Å². The molecule has 0 aliphatic heterocycles. The van der Waals surface area contributed by atoms with Crippen molar-refractivity contribution in [1.29, 1.82) is 0 Å². The first-order valence-electron chi connectivity index (χ1n) is 7.45. The van der Waals surface area contributed by atoms with Crippen molar-refractivity contribution in [3.63, 3.8) is 0 Å². The van der Waals surface area contributed by atoms with E-state index < -0.39 is 15.8 Å². The van der Waals surface area contributed by atoms with Crippen molar-refractivity contribution in [2.45, 2.75) is 18.2 Å². The molecule has 0 radical (unpaired) electrons. The van der Waals surface area contributed by atoms with E-state index in [0.29, 0.717) is 17.1 Å². The maximum atomic E-state index is 13.1. The summed E-state index contributed by atoms with van der Waals surface area (Å²) in [6.07, 6.45) is 1.83. The van der Waals surface area contributed by atoms with Crippen molar-refractivity contribution in [3.8, 4) is 11.6 Å². The summed E-state index contributed by atoms with van der Waals surface area (Å²) in [5, 5.41) is 7.76. The van der Waals surface area contributed by atoms with Gasteiger partial charge in [0.2, 0.25) is 15.9 Å². The minimum absolute atomic E-state index is 0.0357. The Hall–Kier alpha value is -2.65. The van der Waals surface area contributed by atoms with Gasteiger partial charge in [0.15, 0.2) is 0 Å². The van der Waals surface area contributed by atoms with Crippen LogP contribution in [0.4, 0.5) is 4.39 Å². The van der Waals surface area contributed by atoms with Crippen molar-refractivity contribution in [3.05, 3.63) is 59.9 Å². The van der Waals surface area contributed by atoms with Crippen LogP contribution in [0.1, 0.15) is 11.5 Å². The van der Waals surface area contributed by atoms with Gasteiger partial charge < -0.3 is 4.42 Å². The monoisotopic (exact) mass is 362 g/mol. The van der Waals surface area contributed by atoms with E-state index in [4.69, 9.17) is 4.42 Å². The summed E-state index contributed by atoms with van der Waals surface area (Å²) < 4.78 is 45.5. The van der Waals surface area contributed by atoms with Gasteiger partial charge in [0.1, 0.15) is 11.5 Å². The standard InChI is InChI=1S/C16H15FN4O3S/c1-11-10-12(17)5-6-14(11)25(22,23)19-9-7-15-20-21-16(24-15)13-4-2-3-8-18-13/h2-6,8,10,19H,7,9H2,1H3. The van der Waals surface area contributed by atoms with Crippen LogP contribution in [0.5, 0.6) is 0 Å². The van der Waals surface area contributed by atoms with Crippen LogP contribution in [-0.2, 0) is 16.4 Å². The molecule has 3 aromatic rings. The van der Waals surface area contributed by atoms with Gasteiger partial charge in [-0.15, -0.1) is 10.2 Å². The van der Waals surface area contributed by atoms with E-state index in [-0.39, 0.29) is 23.8 Å². The normalized spacial score (nSPS) is 11.6. The number of hydrogen-bond acceptors (Lipinski definition) is 6. The van der Waals surface area contributed by atoms with Gasteiger partial charge in [0, 0.05) is 19.2 Å². The molecule has 0 unspecified atom stereocenters. The van der Waals surface area contributed by atoms with E-state index >= 15 is 0 Å².